The zero-order valence-corrected chi connectivity index (χ0v) is 21.4. The molecular formula is C27H37N3OSi. The third-order valence-electron chi connectivity index (χ3n) is 7.17. The minimum absolute atomic E-state index is 0.263. The van der Waals surface area contributed by atoms with Crippen molar-refractivity contribution in [3.63, 3.8) is 0 Å². The first-order valence-electron chi connectivity index (χ1n) is 11.8. The van der Waals surface area contributed by atoms with Gasteiger partial charge in [0.05, 0.1) is 11.2 Å². The van der Waals surface area contributed by atoms with Crippen LogP contribution in [0.1, 0.15) is 44.9 Å². The summed E-state index contributed by atoms with van der Waals surface area (Å²) in [4.78, 5) is 2.50. The molecule has 4 rings (SSSR count). The van der Waals surface area contributed by atoms with E-state index in [9.17, 15) is 0 Å². The zero-order chi connectivity index (χ0) is 22.9. The van der Waals surface area contributed by atoms with Gasteiger partial charge >= 0.3 is 0 Å². The fraction of sp³-hybridized carbons (Fsp3) is 0.444. The number of benzene rings is 2. The van der Waals surface area contributed by atoms with Crippen molar-refractivity contribution in [3.8, 4) is 0 Å². The van der Waals surface area contributed by atoms with Gasteiger partial charge in [0.25, 0.3) is 0 Å². The van der Waals surface area contributed by atoms with Crippen LogP contribution in [0.5, 0.6) is 0 Å². The van der Waals surface area contributed by atoms with Crippen LogP contribution >= 0.6 is 0 Å². The molecule has 0 radical (unpaired) electrons. The Morgan fingerprint density at radius 2 is 1.69 bits per heavy atom. The van der Waals surface area contributed by atoms with E-state index in [1.54, 1.807) is 0 Å². The first-order chi connectivity index (χ1) is 15.1. The lowest BCUT2D eigenvalue weighted by Crippen LogP contribution is -2.47. The maximum Gasteiger partial charge on any atom is 0.192 e. The normalized spacial score (nSPS) is 16.4. The highest BCUT2D eigenvalue weighted by atomic mass is 28.4. The van der Waals surface area contributed by atoms with Gasteiger partial charge in [-0.25, -0.2) is 0 Å². The third-order valence-corrected chi connectivity index (χ3v) is 11.7. The minimum atomic E-state index is -1.71. The molecule has 1 fully saturated rings. The molecule has 2 heterocycles. The van der Waals surface area contributed by atoms with Crippen molar-refractivity contribution in [1.82, 2.24) is 9.78 Å². The molecule has 4 nitrogen and oxygen atoms in total. The molecule has 0 N–H and O–H groups in total. The van der Waals surface area contributed by atoms with Crippen LogP contribution in [0.2, 0.25) is 18.1 Å². The van der Waals surface area contributed by atoms with Crippen LogP contribution in [0.4, 0.5) is 5.69 Å². The van der Waals surface area contributed by atoms with Crippen LogP contribution in [0.15, 0.2) is 48.5 Å². The largest absolute Gasteiger partial charge is 0.414 e. The maximum absolute atomic E-state index is 6.68. The number of rotatable bonds is 5. The summed E-state index contributed by atoms with van der Waals surface area (Å²) in [6, 6.07) is 17.1. The van der Waals surface area contributed by atoms with Gasteiger partial charge in [0.2, 0.25) is 0 Å². The molecule has 0 amide bonds. The Kier molecular flexibility index (Phi) is 6.32. The number of aryl methyl sites for hydroxylation is 1. The molecule has 0 atom stereocenters. The molecule has 1 aromatic heterocycles. The molecule has 0 spiro atoms. The number of fused-ring (bicyclic) bond motifs is 1. The molecule has 0 unspecified atom stereocenters. The lowest BCUT2D eigenvalue weighted by molar-refractivity contribution is 0.152. The minimum Gasteiger partial charge on any atom is -0.414 e. The van der Waals surface area contributed by atoms with Crippen molar-refractivity contribution in [1.29, 1.82) is 0 Å². The molecule has 3 aromatic rings. The predicted octanol–water partition coefficient (Wildman–Crippen LogP) is 6.73. The molecule has 0 bridgehead atoms. The van der Waals surface area contributed by atoms with Gasteiger partial charge in [-0.15, -0.1) is 0 Å². The van der Waals surface area contributed by atoms with Crippen molar-refractivity contribution in [2.45, 2.75) is 57.8 Å². The standard InChI is InChI=1S/C27H37N3OSi/c1-27(2,3)32(5,6)31-23-16-18-30(19-17-23)22-13-15-26-24(20-22)25(28-29(26)4)14-12-21-10-8-7-9-11-21/h7-15,20,23H,16-19H2,1-6H3/b14-12+. The number of hydrogen-bond donors (Lipinski definition) is 0. The number of hydrogen-bond acceptors (Lipinski definition) is 3. The van der Waals surface area contributed by atoms with Gasteiger partial charge in [-0.1, -0.05) is 57.2 Å². The van der Waals surface area contributed by atoms with E-state index in [4.69, 9.17) is 9.52 Å². The van der Waals surface area contributed by atoms with Crippen molar-refractivity contribution in [2.24, 2.45) is 7.05 Å². The summed E-state index contributed by atoms with van der Waals surface area (Å²) in [6.07, 6.45) is 6.84. The highest BCUT2D eigenvalue weighted by Crippen LogP contribution is 2.38. The monoisotopic (exact) mass is 447 g/mol. The third kappa shape index (κ3) is 4.84. The Labute approximate surface area is 194 Å². The molecule has 2 aromatic carbocycles. The molecule has 170 valence electrons. The van der Waals surface area contributed by atoms with Gasteiger partial charge in [0.15, 0.2) is 8.32 Å². The average molecular weight is 448 g/mol. The van der Waals surface area contributed by atoms with Gasteiger partial charge in [-0.05, 0) is 60.8 Å². The molecule has 32 heavy (non-hydrogen) atoms. The highest BCUT2D eigenvalue weighted by molar-refractivity contribution is 6.74. The fourth-order valence-corrected chi connectivity index (χ4v) is 5.59. The Balaban J connectivity index is 1.49. The quantitative estimate of drug-likeness (QED) is 0.406. The first kappa shape index (κ1) is 22.8. The topological polar surface area (TPSA) is 30.3 Å². The van der Waals surface area contributed by atoms with Crippen molar-refractivity contribution < 1.29 is 4.43 Å². The number of anilines is 1. The summed E-state index contributed by atoms with van der Waals surface area (Å²) in [6.45, 7) is 13.8. The maximum atomic E-state index is 6.68. The highest BCUT2D eigenvalue weighted by Gasteiger charge is 2.39. The second kappa shape index (κ2) is 8.87. The van der Waals surface area contributed by atoms with E-state index < -0.39 is 8.32 Å². The van der Waals surface area contributed by atoms with Gasteiger partial charge < -0.3 is 9.33 Å². The summed E-state index contributed by atoms with van der Waals surface area (Å²) in [5.41, 5.74) is 4.65. The first-order valence-corrected chi connectivity index (χ1v) is 14.7. The average Bonchev–Trinajstić information content (AvgIpc) is 3.07. The Hall–Kier alpha value is -2.37. The van der Waals surface area contributed by atoms with E-state index in [2.05, 4.69) is 93.4 Å². The SMILES string of the molecule is Cn1nc(/C=C/c2ccccc2)c2cc(N3CCC(O[Si](C)(C)C(C)(C)C)CC3)ccc21. The van der Waals surface area contributed by atoms with E-state index in [1.807, 2.05) is 17.8 Å². The van der Waals surface area contributed by atoms with Crippen LogP contribution < -0.4 is 4.90 Å². The Bertz CT molecular complexity index is 1090. The van der Waals surface area contributed by atoms with E-state index in [0.717, 1.165) is 37.1 Å². The van der Waals surface area contributed by atoms with E-state index in [1.165, 1.54) is 16.6 Å². The van der Waals surface area contributed by atoms with Crippen molar-refractivity contribution in [2.75, 3.05) is 18.0 Å². The molecular weight excluding hydrogens is 410 g/mol. The molecule has 5 heteroatoms. The second-order valence-electron chi connectivity index (χ2n) is 10.5. The number of piperidine rings is 1. The number of aromatic nitrogens is 2. The molecule has 0 saturated carbocycles. The molecule has 1 aliphatic rings. The van der Waals surface area contributed by atoms with Gasteiger partial charge in [-0.3, -0.25) is 4.68 Å². The van der Waals surface area contributed by atoms with Crippen molar-refractivity contribution >= 4 is 37.1 Å². The Morgan fingerprint density at radius 1 is 1.00 bits per heavy atom. The molecule has 1 saturated heterocycles. The van der Waals surface area contributed by atoms with Crippen LogP contribution in [0, 0.1) is 0 Å². The lowest BCUT2D eigenvalue weighted by Gasteiger charge is -2.42. The number of nitrogens with zero attached hydrogens (tertiary/aromatic N) is 3. The van der Waals surface area contributed by atoms with Gasteiger partial charge in [0.1, 0.15) is 0 Å². The van der Waals surface area contributed by atoms with E-state index in [0.29, 0.717) is 6.10 Å². The van der Waals surface area contributed by atoms with E-state index >= 15 is 0 Å². The fourth-order valence-electron chi connectivity index (χ4n) is 4.17. The predicted molar refractivity (Wildman–Crippen MR) is 140 cm³/mol. The van der Waals surface area contributed by atoms with Crippen LogP contribution in [0.3, 0.4) is 0 Å². The second-order valence-corrected chi connectivity index (χ2v) is 15.3. The van der Waals surface area contributed by atoms with Crippen LogP contribution in [-0.2, 0) is 11.5 Å². The summed E-state index contributed by atoms with van der Waals surface area (Å²) >= 11 is 0. The van der Waals surface area contributed by atoms with Gasteiger partial charge in [0, 0.05) is 37.3 Å². The zero-order valence-electron chi connectivity index (χ0n) is 20.4. The summed E-state index contributed by atoms with van der Waals surface area (Å²) < 4.78 is 8.66. The van der Waals surface area contributed by atoms with Crippen molar-refractivity contribution in [3.05, 3.63) is 59.8 Å². The van der Waals surface area contributed by atoms with Crippen LogP contribution in [-0.4, -0.2) is 37.3 Å². The summed E-state index contributed by atoms with van der Waals surface area (Å²) in [5.74, 6) is 0. The lowest BCUT2D eigenvalue weighted by atomic mass is 10.1. The Morgan fingerprint density at radius 3 is 2.34 bits per heavy atom. The molecule has 1 aliphatic heterocycles. The smallest absolute Gasteiger partial charge is 0.192 e. The summed E-state index contributed by atoms with van der Waals surface area (Å²) in [5, 5.41) is 6.23. The van der Waals surface area contributed by atoms with Gasteiger partial charge in [-0.2, -0.15) is 5.10 Å². The van der Waals surface area contributed by atoms with E-state index in [-0.39, 0.29) is 5.04 Å². The van der Waals surface area contributed by atoms with Crippen LogP contribution in [0.25, 0.3) is 23.1 Å². The summed E-state index contributed by atoms with van der Waals surface area (Å²) in [7, 11) is 0.310. The molecule has 0 aliphatic carbocycles.